The summed E-state index contributed by atoms with van der Waals surface area (Å²) in [4.78, 5) is 25.8. The smallest absolute Gasteiger partial charge is 0.248 e. The molecule has 1 aromatic carbocycles. The molecule has 0 aliphatic carbocycles. The third kappa shape index (κ3) is 4.61. The highest BCUT2D eigenvalue weighted by Gasteiger charge is 2.23. The Kier molecular flexibility index (Phi) is 6.17. The molecule has 6 heteroatoms. The van der Waals surface area contributed by atoms with Crippen molar-refractivity contribution in [2.75, 3.05) is 13.1 Å². The van der Waals surface area contributed by atoms with Crippen molar-refractivity contribution in [1.29, 1.82) is 0 Å². The molecule has 2 N–H and O–H groups in total. The number of amides is 2. The Morgan fingerprint density at radius 3 is 2.32 bits per heavy atom. The standard InChI is InChI=1S/C22H30N4O2/c1-15-20(16(2)25(3)24-15)8-9-21(27)26-12-10-18(11-13-26)14-17-4-6-19(7-5-17)22(23)28/h4-7,18H,8-14H2,1-3H3,(H2,23,28). The van der Waals surface area contributed by atoms with E-state index in [4.69, 9.17) is 5.73 Å². The van der Waals surface area contributed by atoms with Crippen molar-refractivity contribution >= 4 is 11.8 Å². The van der Waals surface area contributed by atoms with Crippen LogP contribution >= 0.6 is 0 Å². The van der Waals surface area contributed by atoms with Gasteiger partial charge in [0, 0.05) is 37.8 Å². The summed E-state index contributed by atoms with van der Waals surface area (Å²) in [6, 6.07) is 7.55. The summed E-state index contributed by atoms with van der Waals surface area (Å²) < 4.78 is 1.89. The number of carbonyl (C=O) groups excluding carboxylic acids is 2. The molecule has 0 bridgehead atoms. The van der Waals surface area contributed by atoms with Crippen LogP contribution in [0, 0.1) is 19.8 Å². The van der Waals surface area contributed by atoms with Gasteiger partial charge in [0.15, 0.2) is 0 Å². The molecular weight excluding hydrogens is 352 g/mol. The number of benzene rings is 1. The Bertz CT molecular complexity index is 846. The van der Waals surface area contributed by atoms with E-state index in [2.05, 4.69) is 12.0 Å². The number of aryl methyl sites for hydroxylation is 2. The summed E-state index contributed by atoms with van der Waals surface area (Å²) in [6.45, 7) is 5.72. The van der Waals surface area contributed by atoms with Crippen LogP contribution in [0.5, 0.6) is 0 Å². The number of carbonyl (C=O) groups is 2. The van der Waals surface area contributed by atoms with E-state index >= 15 is 0 Å². The van der Waals surface area contributed by atoms with Crippen molar-refractivity contribution in [3.05, 3.63) is 52.3 Å². The van der Waals surface area contributed by atoms with E-state index in [-0.39, 0.29) is 5.91 Å². The summed E-state index contributed by atoms with van der Waals surface area (Å²) >= 11 is 0. The van der Waals surface area contributed by atoms with Gasteiger partial charge in [-0.1, -0.05) is 12.1 Å². The number of primary amides is 1. The van der Waals surface area contributed by atoms with E-state index in [1.165, 1.54) is 11.1 Å². The molecule has 0 unspecified atom stereocenters. The van der Waals surface area contributed by atoms with Gasteiger partial charge < -0.3 is 10.6 Å². The van der Waals surface area contributed by atoms with Gasteiger partial charge in [0.1, 0.15) is 0 Å². The topological polar surface area (TPSA) is 81.2 Å². The third-order valence-corrected chi connectivity index (χ3v) is 5.98. The lowest BCUT2D eigenvalue weighted by Crippen LogP contribution is -2.39. The SMILES string of the molecule is Cc1nn(C)c(C)c1CCC(=O)N1CCC(Cc2ccc(C(N)=O)cc2)CC1. The lowest BCUT2D eigenvalue weighted by Gasteiger charge is -2.32. The number of aromatic nitrogens is 2. The Morgan fingerprint density at radius 1 is 1.14 bits per heavy atom. The average molecular weight is 383 g/mol. The first-order valence-corrected chi connectivity index (χ1v) is 10.0. The van der Waals surface area contributed by atoms with E-state index in [0.29, 0.717) is 17.9 Å². The number of likely N-dealkylation sites (tertiary alicyclic amines) is 1. The molecule has 1 saturated heterocycles. The van der Waals surface area contributed by atoms with Crippen LogP contribution < -0.4 is 5.73 Å². The second-order valence-corrected chi connectivity index (χ2v) is 7.86. The van der Waals surface area contributed by atoms with Gasteiger partial charge in [-0.05, 0) is 68.7 Å². The minimum absolute atomic E-state index is 0.243. The number of hydrogen-bond donors (Lipinski definition) is 1. The molecular formula is C22H30N4O2. The molecule has 0 spiro atoms. The van der Waals surface area contributed by atoms with Crippen LogP contribution in [0.1, 0.15) is 52.1 Å². The van der Waals surface area contributed by atoms with Crippen molar-refractivity contribution in [1.82, 2.24) is 14.7 Å². The normalized spacial score (nSPS) is 15.0. The second kappa shape index (κ2) is 8.59. The van der Waals surface area contributed by atoms with E-state index in [9.17, 15) is 9.59 Å². The maximum absolute atomic E-state index is 12.6. The number of hydrogen-bond acceptors (Lipinski definition) is 3. The second-order valence-electron chi connectivity index (χ2n) is 7.86. The minimum Gasteiger partial charge on any atom is -0.366 e. The zero-order valence-electron chi connectivity index (χ0n) is 17.1. The maximum atomic E-state index is 12.6. The Hall–Kier alpha value is -2.63. The van der Waals surface area contributed by atoms with Crippen LogP contribution in [0.2, 0.25) is 0 Å². The molecule has 0 radical (unpaired) electrons. The molecule has 150 valence electrons. The predicted molar refractivity (Wildman–Crippen MR) is 109 cm³/mol. The Balaban J connectivity index is 1.46. The zero-order valence-corrected chi connectivity index (χ0v) is 17.1. The summed E-state index contributed by atoms with van der Waals surface area (Å²) in [5.74, 6) is 0.424. The average Bonchev–Trinajstić information content (AvgIpc) is 2.92. The molecule has 0 saturated carbocycles. The predicted octanol–water partition coefficient (Wildman–Crippen LogP) is 2.55. The van der Waals surface area contributed by atoms with Crippen molar-refractivity contribution in [2.24, 2.45) is 18.7 Å². The van der Waals surface area contributed by atoms with Gasteiger partial charge >= 0.3 is 0 Å². The van der Waals surface area contributed by atoms with Gasteiger partial charge in [0.25, 0.3) is 0 Å². The highest BCUT2D eigenvalue weighted by Crippen LogP contribution is 2.23. The van der Waals surface area contributed by atoms with E-state index < -0.39 is 5.91 Å². The first-order chi connectivity index (χ1) is 13.3. The quantitative estimate of drug-likeness (QED) is 0.834. The fraction of sp³-hybridized carbons (Fsp3) is 0.500. The van der Waals surface area contributed by atoms with Crippen LogP contribution in [0.15, 0.2) is 24.3 Å². The summed E-state index contributed by atoms with van der Waals surface area (Å²) in [5.41, 5.74) is 10.4. The number of nitrogens with zero attached hydrogens (tertiary/aromatic N) is 3. The van der Waals surface area contributed by atoms with Crippen molar-refractivity contribution in [3.8, 4) is 0 Å². The van der Waals surface area contributed by atoms with E-state index in [1.54, 1.807) is 12.1 Å². The first-order valence-electron chi connectivity index (χ1n) is 10.0. The van der Waals surface area contributed by atoms with Crippen LogP contribution in [0.4, 0.5) is 0 Å². The van der Waals surface area contributed by atoms with Gasteiger partial charge in [0.2, 0.25) is 11.8 Å². The first kappa shape index (κ1) is 20.1. The highest BCUT2D eigenvalue weighted by molar-refractivity contribution is 5.92. The van der Waals surface area contributed by atoms with Gasteiger partial charge in [-0.3, -0.25) is 14.3 Å². The van der Waals surface area contributed by atoms with Crippen LogP contribution in [0.25, 0.3) is 0 Å². The van der Waals surface area contributed by atoms with Crippen LogP contribution in [0.3, 0.4) is 0 Å². The van der Waals surface area contributed by atoms with Gasteiger partial charge in [-0.15, -0.1) is 0 Å². The van der Waals surface area contributed by atoms with Gasteiger partial charge in [-0.25, -0.2) is 0 Å². The number of piperidine rings is 1. The monoisotopic (exact) mass is 382 g/mol. The molecule has 3 rings (SSSR count). The molecule has 6 nitrogen and oxygen atoms in total. The van der Waals surface area contributed by atoms with Crippen molar-refractivity contribution in [3.63, 3.8) is 0 Å². The van der Waals surface area contributed by atoms with E-state index in [1.807, 2.05) is 35.7 Å². The fourth-order valence-electron chi connectivity index (χ4n) is 4.09. The van der Waals surface area contributed by atoms with Crippen molar-refractivity contribution < 1.29 is 9.59 Å². The molecule has 2 aromatic rings. The maximum Gasteiger partial charge on any atom is 0.248 e. The van der Waals surface area contributed by atoms with Crippen LogP contribution in [-0.2, 0) is 24.7 Å². The lowest BCUT2D eigenvalue weighted by atomic mass is 9.89. The molecule has 1 aliphatic rings. The highest BCUT2D eigenvalue weighted by atomic mass is 16.2. The summed E-state index contributed by atoms with van der Waals surface area (Å²) in [6.07, 6.45) is 4.33. The lowest BCUT2D eigenvalue weighted by molar-refractivity contribution is -0.132. The molecule has 1 aliphatic heterocycles. The Labute approximate surface area is 166 Å². The summed E-state index contributed by atoms with van der Waals surface area (Å²) in [5, 5.41) is 4.43. The van der Waals surface area contributed by atoms with Gasteiger partial charge in [0.05, 0.1) is 5.69 Å². The Morgan fingerprint density at radius 2 is 1.79 bits per heavy atom. The molecule has 1 aromatic heterocycles. The molecule has 2 amide bonds. The summed E-state index contributed by atoms with van der Waals surface area (Å²) in [7, 11) is 1.94. The van der Waals surface area contributed by atoms with Crippen LogP contribution in [-0.4, -0.2) is 39.6 Å². The number of nitrogens with two attached hydrogens (primary N) is 1. The minimum atomic E-state index is -0.393. The molecule has 1 fully saturated rings. The third-order valence-electron chi connectivity index (χ3n) is 5.98. The zero-order chi connectivity index (χ0) is 20.3. The fourth-order valence-corrected chi connectivity index (χ4v) is 4.09. The molecule has 2 heterocycles. The van der Waals surface area contributed by atoms with Gasteiger partial charge in [-0.2, -0.15) is 5.10 Å². The number of rotatable bonds is 6. The molecule has 0 atom stereocenters. The van der Waals surface area contributed by atoms with E-state index in [0.717, 1.165) is 50.2 Å². The van der Waals surface area contributed by atoms with Crippen molar-refractivity contribution in [2.45, 2.75) is 46.0 Å². The molecule has 28 heavy (non-hydrogen) atoms. The largest absolute Gasteiger partial charge is 0.366 e.